The SMILES string of the molecule is C[C@H](NC(=O)c1ccc(Cl)c(Cl)c1)c1nnc(SCc2ccccc2Cl)n1C. The molecule has 0 aliphatic rings. The lowest BCUT2D eigenvalue weighted by molar-refractivity contribution is 0.0937. The number of thioether (sulfide) groups is 1. The van der Waals surface area contributed by atoms with Crippen LogP contribution >= 0.6 is 46.6 Å². The minimum atomic E-state index is -0.339. The van der Waals surface area contributed by atoms with Gasteiger partial charge in [-0.15, -0.1) is 10.2 Å². The van der Waals surface area contributed by atoms with Gasteiger partial charge >= 0.3 is 0 Å². The zero-order chi connectivity index (χ0) is 20.3. The molecule has 3 aromatic rings. The molecule has 0 saturated heterocycles. The highest BCUT2D eigenvalue weighted by atomic mass is 35.5. The van der Waals surface area contributed by atoms with Crippen LogP contribution in [0, 0.1) is 0 Å². The second kappa shape index (κ2) is 9.18. The predicted octanol–water partition coefficient (Wildman–Crippen LogP) is 5.56. The summed E-state index contributed by atoms with van der Waals surface area (Å²) in [4.78, 5) is 12.5. The molecule has 0 bridgehead atoms. The second-order valence-corrected chi connectivity index (χ2v) is 8.27. The van der Waals surface area contributed by atoms with Crippen molar-refractivity contribution in [1.29, 1.82) is 0 Å². The lowest BCUT2D eigenvalue weighted by Gasteiger charge is -2.14. The minimum absolute atomic E-state index is 0.265. The van der Waals surface area contributed by atoms with Gasteiger partial charge in [0.15, 0.2) is 11.0 Å². The Kier molecular flexibility index (Phi) is 6.88. The number of amides is 1. The van der Waals surface area contributed by atoms with Crippen LogP contribution < -0.4 is 5.32 Å². The second-order valence-electron chi connectivity index (χ2n) is 6.10. The van der Waals surface area contributed by atoms with E-state index in [0.29, 0.717) is 27.2 Å². The number of nitrogens with zero attached hydrogens (tertiary/aromatic N) is 3. The maximum atomic E-state index is 12.5. The number of carbonyl (C=O) groups is 1. The number of hydrogen-bond acceptors (Lipinski definition) is 4. The maximum absolute atomic E-state index is 12.5. The Hall–Kier alpha value is -1.73. The number of hydrogen-bond donors (Lipinski definition) is 1. The molecule has 9 heteroatoms. The summed E-state index contributed by atoms with van der Waals surface area (Å²) in [5, 5.41) is 13.6. The molecule has 1 atom stereocenters. The first-order chi connectivity index (χ1) is 13.4. The smallest absolute Gasteiger partial charge is 0.251 e. The van der Waals surface area contributed by atoms with Crippen molar-refractivity contribution in [1.82, 2.24) is 20.1 Å². The summed E-state index contributed by atoms with van der Waals surface area (Å²) >= 11 is 19.6. The molecule has 0 fully saturated rings. The normalized spacial score (nSPS) is 12.0. The first-order valence-corrected chi connectivity index (χ1v) is 10.5. The number of aromatic nitrogens is 3. The Labute approximate surface area is 182 Å². The van der Waals surface area contributed by atoms with E-state index in [1.165, 1.54) is 17.8 Å². The van der Waals surface area contributed by atoms with E-state index in [2.05, 4.69) is 15.5 Å². The van der Waals surface area contributed by atoms with Crippen LogP contribution in [0.3, 0.4) is 0 Å². The first kappa shape index (κ1) is 21.0. The van der Waals surface area contributed by atoms with Crippen molar-refractivity contribution in [2.75, 3.05) is 0 Å². The summed E-state index contributed by atoms with van der Waals surface area (Å²) in [5.74, 6) is 1.06. The van der Waals surface area contributed by atoms with Crippen LogP contribution in [-0.4, -0.2) is 20.7 Å². The van der Waals surface area contributed by atoms with E-state index >= 15 is 0 Å². The summed E-state index contributed by atoms with van der Waals surface area (Å²) in [6.07, 6.45) is 0. The summed E-state index contributed by atoms with van der Waals surface area (Å²) in [6.45, 7) is 1.85. The van der Waals surface area contributed by atoms with E-state index in [1.54, 1.807) is 12.1 Å². The predicted molar refractivity (Wildman–Crippen MR) is 114 cm³/mol. The Bertz CT molecular complexity index is 1010. The fourth-order valence-corrected chi connectivity index (χ4v) is 4.07. The molecule has 1 aromatic heterocycles. The number of rotatable bonds is 6. The number of halogens is 3. The first-order valence-electron chi connectivity index (χ1n) is 8.38. The van der Waals surface area contributed by atoms with Crippen molar-refractivity contribution in [2.24, 2.45) is 7.05 Å². The molecule has 0 radical (unpaired) electrons. The zero-order valence-corrected chi connectivity index (χ0v) is 18.2. The molecule has 1 amide bonds. The van der Waals surface area contributed by atoms with Crippen LogP contribution in [0.5, 0.6) is 0 Å². The summed E-state index contributed by atoms with van der Waals surface area (Å²) in [5.41, 5.74) is 1.46. The van der Waals surface area contributed by atoms with Crippen molar-refractivity contribution < 1.29 is 4.79 Å². The van der Waals surface area contributed by atoms with Gasteiger partial charge in [0, 0.05) is 23.4 Å². The van der Waals surface area contributed by atoms with Gasteiger partial charge in [0.2, 0.25) is 0 Å². The molecule has 0 aliphatic heterocycles. The number of carbonyl (C=O) groups excluding carboxylic acids is 1. The van der Waals surface area contributed by atoms with Crippen LogP contribution in [0.2, 0.25) is 15.1 Å². The number of nitrogens with one attached hydrogen (secondary N) is 1. The third-order valence-electron chi connectivity index (χ3n) is 4.10. The minimum Gasteiger partial charge on any atom is -0.342 e. The highest BCUT2D eigenvalue weighted by molar-refractivity contribution is 7.98. The Morgan fingerprint density at radius 1 is 1.11 bits per heavy atom. The average Bonchev–Trinajstić information content (AvgIpc) is 3.04. The molecule has 0 spiro atoms. The van der Waals surface area contributed by atoms with E-state index in [9.17, 15) is 4.79 Å². The van der Waals surface area contributed by atoms with E-state index in [4.69, 9.17) is 34.8 Å². The molecular weight excluding hydrogens is 439 g/mol. The third-order valence-corrected chi connectivity index (χ3v) is 6.28. The van der Waals surface area contributed by atoms with Gasteiger partial charge in [0.1, 0.15) is 0 Å². The summed E-state index contributed by atoms with van der Waals surface area (Å²) in [6, 6.07) is 12.1. The van der Waals surface area contributed by atoms with E-state index in [-0.39, 0.29) is 11.9 Å². The van der Waals surface area contributed by atoms with Crippen molar-refractivity contribution in [3.63, 3.8) is 0 Å². The molecule has 146 valence electrons. The quantitative estimate of drug-likeness (QED) is 0.494. The number of benzene rings is 2. The van der Waals surface area contributed by atoms with Gasteiger partial charge in [-0.3, -0.25) is 4.79 Å². The van der Waals surface area contributed by atoms with Gasteiger partial charge in [-0.25, -0.2) is 0 Å². The van der Waals surface area contributed by atoms with E-state index < -0.39 is 0 Å². The lowest BCUT2D eigenvalue weighted by Crippen LogP contribution is -2.28. The van der Waals surface area contributed by atoms with Gasteiger partial charge in [-0.2, -0.15) is 0 Å². The fourth-order valence-electron chi connectivity index (χ4n) is 2.57. The summed E-state index contributed by atoms with van der Waals surface area (Å²) in [7, 11) is 1.87. The molecular formula is C19H17Cl3N4OS. The lowest BCUT2D eigenvalue weighted by atomic mass is 10.2. The maximum Gasteiger partial charge on any atom is 0.251 e. The van der Waals surface area contributed by atoms with Crippen molar-refractivity contribution in [3.05, 3.63) is 74.5 Å². The molecule has 2 aromatic carbocycles. The van der Waals surface area contributed by atoms with Crippen LogP contribution in [0.1, 0.15) is 34.7 Å². The van der Waals surface area contributed by atoms with Crippen molar-refractivity contribution >= 4 is 52.5 Å². The van der Waals surface area contributed by atoms with Crippen LogP contribution in [-0.2, 0) is 12.8 Å². The largest absolute Gasteiger partial charge is 0.342 e. The van der Waals surface area contributed by atoms with Crippen molar-refractivity contribution in [2.45, 2.75) is 23.9 Å². The molecule has 0 saturated carbocycles. The van der Waals surface area contributed by atoms with E-state index in [1.807, 2.05) is 42.8 Å². The molecule has 5 nitrogen and oxygen atoms in total. The average molecular weight is 456 g/mol. The van der Waals surface area contributed by atoms with Crippen LogP contribution in [0.25, 0.3) is 0 Å². The van der Waals surface area contributed by atoms with Crippen molar-refractivity contribution in [3.8, 4) is 0 Å². The molecule has 3 rings (SSSR count). The van der Waals surface area contributed by atoms with Gasteiger partial charge in [-0.05, 0) is 36.8 Å². The van der Waals surface area contributed by atoms with Gasteiger partial charge in [0.05, 0.1) is 16.1 Å². The standard InChI is InChI=1S/C19H17Cl3N4OS/c1-11(23-18(27)12-7-8-15(21)16(22)9-12)17-24-25-19(26(17)2)28-10-13-5-3-4-6-14(13)20/h3-9,11H,10H2,1-2H3,(H,23,27)/t11-/m0/s1. The molecule has 0 aliphatic carbocycles. The summed E-state index contributed by atoms with van der Waals surface area (Å²) < 4.78 is 1.86. The Balaban J connectivity index is 1.67. The van der Waals surface area contributed by atoms with Gasteiger partial charge in [-0.1, -0.05) is 64.8 Å². The third kappa shape index (κ3) is 4.81. The highest BCUT2D eigenvalue weighted by Crippen LogP contribution is 2.27. The van der Waals surface area contributed by atoms with Crippen LogP contribution in [0.4, 0.5) is 0 Å². The Morgan fingerprint density at radius 3 is 2.57 bits per heavy atom. The van der Waals surface area contributed by atoms with Gasteiger partial charge in [0.25, 0.3) is 5.91 Å². The molecule has 1 heterocycles. The monoisotopic (exact) mass is 454 g/mol. The molecule has 28 heavy (non-hydrogen) atoms. The Morgan fingerprint density at radius 2 is 1.86 bits per heavy atom. The van der Waals surface area contributed by atoms with Gasteiger partial charge < -0.3 is 9.88 Å². The van der Waals surface area contributed by atoms with E-state index in [0.717, 1.165) is 15.7 Å². The fraction of sp³-hybridized carbons (Fsp3) is 0.211. The molecule has 0 unspecified atom stereocenters. The van der Waals surface area contributed by atoms with Crippen LogP contribution in [0.15, 0.2) is 47.6 Å². The highest BCUT2D eigenvalue weighted by Gasteiger charge is 2.19. The topological polar surface area (TPSA) is 59.8 Å². The molecule has 1 N–H and O–H groups in total. The zero-order valence-electron chi connectivity index (χ0n) is 15.1.